The van der Waals surface area contributed by atoms with Gasteiger partial charge < -0.3 is 19.8 Å². The number of halogens is 2. The summed E-state index contributed by atoms with van der Waals surface area (Å²) in [7, 11) is 2.92. The van der Waals surface area contributed by atoms with Crippen molar-refractivity contribution in [2.24, 2.45) is 0 Å². The number of methoxy groups -OCH3 is 2. The molecule has 8 heteroatoms. The standard InChI is InChI=1S/C18H14F2N2O4/c1-25-14-4-3-10(7-15(14)26-2)22-18(24)11-8-21-13-6-9(19)5-12(20)16(13)17(11)23/h3-8H,1-2H3,(H,21,23)(H,22,24). The van der Waals surface area contributed by atoms with E-state index in [0.29, 0.717) is 23.3 Å². The zero-order chi connectivity index (χ0) is 18.8. The lowest BCUT2D eigenvalue weighted by atomic mass is 10.1. The van der Waals surface area contributed by atoms with Gasteiger partial charge in [-0.25, -0.2) is 8.78 Å². The molecule has 0 saturated carbocycles. The van der Waals surface area contributed by atoms with Gasteiger partial charge in [0.15, 0.2) is 11.5 Å². The fraction of sp³-hybridized carbons (Fsp3) is 0.111. The number of rotatable bonds is 4. The summed E-state index contributed by atoms with van der Waals surface area (Å²) in [6, 6.07) is 6.23. The second-order valence-electron chi connectivity index (χ2n) is 5.37. The summed E-state index contributed by atoms with van der Waals surface area (Å²) in [5.41, 5.74) is -0.825. The zero-order valence-corrected chi connectivity index (χ0v) is 13.9. The summed E-state index contributed by atoms with van der Waals surface area (Å²) >= 11 is 0. The Morgan fingerprint density at radius 1 is 1.08 bits per heavy atom. The Labute approximate surface area is 146 Å². The van der Waals surface area contributed by atoms with Crippen molar-refractivity contribution in [1.82, 2.24) is 4.98 Å². The second-order valence-corrected chi connectivity index (χ2v) is 5.37. The van der Waals surface area contributed by atoms with Crippen LogP contribution in [-0.2, 0) is 0 Å². The third-order valence-corrected chi connectivity index (χ3v) is 3.78. The number of aromatic amines is 1. The van der Waals surface area contributed by atoms with Crippen molar-refractivity contribution in [3.8, 4) is 11.5 Å². The van der Waals surface area contributed by atoms with Crippen LogP contribution in [0.25, 0.3) is 10.9 Å². The highest BCUT2D eigenvalue weighted by atomic mass is 19.1. The van der Waals surface area contributed by atoms with Crippen LogP contribution in [-0.4, -0.2) is 25.1 Å². The number of aromatic nitrogens is 1. The summed E-state index contributed by atoms with van der Waals surface area (Å²) in [5.74, 6) is -1.75. The summed E-state index contributed by atoms with van der Waals surface area (Å²) in [4.78, 5) is 27.4. The van der Waals surface area contributed by atoms with Gasteiger partial charge in [0, 0.05) is 24.0 Å². The molecule has 3 rings (SSSR count). The molecule has 26 heavy (non-hydrogen) atoms. The van der Waals surface area contributed by atoms with E-state index in [1.807, 2.05) is 0 Å². The summed E-state index contributed by atoms with van der Waals surface area (Å²) in [5, 5.41) is 2.15. The highest BCUT2D eigenvalue weighted by molar-refractivity contribution is 6.05. The Kier molecular flexibility index (Phi) is 4.57. The number of fused-ring (bicyclic) bond motifs is 1. The lowest BCUT2D eigenvalue weighted by molar-refractivity contribution is 0.102. The molecule has 0 spiro atoms. The van der Waals surface area contributed by atoms with E-state index in [2.05, 4.69) is 10.3 Å². The highest BCUT2D eigenvalue weighted by Crippen LogP contribution is 2.29. The first-order valence-corrected chi connectivity index (χ1v) is 7.48. The normalized spacial score (nSPS) is 10.6. The van der Waals surface area contributed by atoms with E-state index in [9.17, 15) is 18.4 Å². The van der Waals surface area contributed by atoms with Crippen LogP contribution < -0.4 is 20.2 Å². The predicted octanol–water partition coefficient (Wildman–Crippen LogP) is 3.08. The lowest BCUT2D eigenvalue weighted by Gasteiger charge is -2.11. The molecular formula is C18H14F2N2O4. The van der Waals surface area contributed by atoms with Gasteiger partial charge in [-0.2, -0.15) is 0 Å². The first-order valence-electron chi connectivity index (χ1n) is 7.48. The van der Waals surface area contributed by atoms with Gasteiger partial charge in [-0.1, -0.05) is 0 Å². The van der Waals surface area contributed by atoms with Crippen LogP contribution in [0.5, 0.6) is 11.5 Å². The van der Waals surface area contributed by atoms with E-state index >= 15 is 0 Å². The number of nitrogens with one attached hydrogen (secondary N) is 2. The van der Waals surface area contributed by atoms with Crippen molar-refractivity contribution < 1.29 is 23.0 Å². The average molecular weight is 360 g/mol. The number of pyridine rings is 1. The molecule has 0 atom stereocenters. The van der Waals surface area contributed by atoms with Gasteiger partial charge in [-0.3, -0.25) is 9.59 Å². The van der Waals surface area contributed by atoms with Gasteiger partial charge in [0.1, 0.15) is 17.2 Å². The van der Waals surface area contributed by atoms with Gasteiger partial charge in [0.05, 0.1) is 25.1 Å². The fourth-order valence-corrected chi connectivity index (χ4v) is 2.55. The molecule has 0 unspecified atom stereocenters. The molecule has 2 N–H and O–H groups in total. The molecule has 0 aliphatic rings. The van der Waals surface area contributed by atoms with Crippen LogP contribution in [0.1, 0.15) is 10.4 Å². The van der Waals surface area contributed by atoms with Crippen molar-refractivity contribution in [3.63, 3.8) is 0 Å². The molecular weight excluding hydrogens is 346 g/mol. The monoisotopic (exact) mass is 360 g/mol. The Balaban J connectivity index is 1.98. The van der Waals surface area contributed by atoms with Crippen molar-refractivity contribution in [2.75, 3.05) is 19.5 Å². The van der Waals surface area contributed by atoms with Crippen LogP contribution in [0.15, 0.2) is 41.3 Å². The molecule has 0 fully saturated rings. The molecule has 3 aromatic rings. The van der Waals surface area contributed by atoms with Crippen LogP contribution in [0.3, 0.4) is 0 Å². The first kappa shape index (κ1) is 17.4. The molecule has 6 nitrogen and oxygen atoms in total. The first-order chi connectivity index (χ1) is 12.4. The predicted molar refractivity (Wildman–Crippen MR) is 92.0 cm³/mol. The summed E-state index contributed by atoms with van der Waals surface area (Å²) in [6.45, 7) is 0. The Bertz CT molecular complexity index is 1060. The van der Waals surface area contributed by atoms with E-state index in [1.54, 1.807) is 12.1 Å². The number of anilines is 1. The van der Waals surface area contributed by atoms with Gasteiger partial charge in [-0.05, 0) is 18.2 Å². The van der Waals surface area contributed by atoms with Gasteiger partial charge in [0.25, 0.3) is 5.91 Å². The molecule has 0 aliphatic heterocycles. The Hall–Kier alpha value is -3.42. The molecule has 1 aromatic heterocycles. The SMILES string of the molecule is COc1ccc(NC(=O)c2c[nH]c3cc(F)cc(F)c3c2=O)cc1OC. The van der Waals surface area contributed by atoms with Crippen molar-refractivity contribution >= 4 is 22.5 Å². The molecule has 0 aliphatic carbocycles. The number of amides is 1. The quantitative estimate of drug-likeness (QED) is 0.749. The number of hydrogen-bond acceptors (Lipinski definition) is 4. The fourth-order valence-electron chi connectivity index (χ4n) is 2.55. The highest BCUT2D eigenvalue weighted by Gasteiger charge is 2.17. The third-order valence-electron chi connectivity index (χ3n) is 3.78. The molecule has 0 saturated heterocycles. The molecule has 0 bridgehead atoms. The minimum absolute atomic E-state index is 0.0323. The maximum Gasteiger partial charge on any atom is 0.261 e. The average Bonchev–Trinajstić information content (AvgIpc) is 2.61. The summed E-state index contributed by atoms with van der Waals surface area (Å²) < 4.78 is 37.4. The van der Waals surface area contributed by atoms with Crippen LogP contribution >= 0.6 is 0 Å². The van der Waals surface area contributed by atoms with E-state index in [1.165, 1.54) is 20.3 Å². The Morgan fingerprint density at radius 3 is 2.50 bits per heavy atom. The van der Waals surface area contributed by atoms with E-state index in [4.69, 9.17) is 9.47 Å². The minimum Gasteiger partial charge on any atom is -0.493 e. The Morgan fingerprint density at radius 2 is 1.81 bits per heavy atom. The zero-order valence-electron chi connectivity index (χ0n) is 13.9. The minimum atomic E-state index is -1.04. The topological polar surface area (TPSA) is 80.4 Å². The largest absolute Gasteiger partial charge is 0.493 e. The maximum atomic E-state index is 13.9. The van der Waals surface area contributed by atoms with Crippen molar-refractivity contribution in [3.05, 3.63) is 63.9 Å². The van der Waals surface area contributed by atoms with E-state index in [-0.39, 0.29) is 16.5 Å². The number of ether oxygens (including phenoxy) is 2. The van der Waals surface area contributed by atoms with Crippen LogP contribution in [0.4, 0.5) is 14.5 Å². The van der Waals surface area contributed by atoms with E-state index < -0.39 is 23.0 Å². The molecule has 1 amide bonds. The van der Waals surface area contributed by atoms with Gasteiger partial charge in [-0.15, -0.1) is 0 Å². The second kappa shape index (κ2) is 6.83. The number of hydrogen-bond donors (Lipinski definition) is 2. The molecule has 1 heterocycles. The number of carbonyl (C=O) groups is 1. The number of benzene rings is 2. The number of carbonyl (C=O) groups excluding carboxylic acids is 1. The molecule has 0 radical (unpaired) electrons. The third kappa shape index (κ3) is 3.08. The maximum absolute atomic E-state index is 13.9. The summed E-state index contributed by atoms with van der Waals surface area (Å²) in [6.07, 6.45) is 1.11. The smallest absolute Gasteiger partial charge is 0.261 e. The van der Waals surface area contributed by atoms with Gasteiger partial charge in [0.2, 0.25) is 5.43 Å². The van der Waals surface area contributed by atoms with Crippen LogP contribution in [0, 0.1) is 11.6 Å². The molecule has 134 valence electrons. The molecule has 2 aromatic carbocycles. The van der Waals surface area contributed by atoms with E-state index in [0.717, 1.165) is 12.3 Å². The van der Waals surface area contributed by atoms with Gasteiger partial charge >= 0.3 is 0 Å². The van der Waals surface area contributed by atoms with Crippen molar-refractivity contribution in [1.29, 1.82) is 0 Å². The number of H-pyrrole nitrogens is 1. The van der Waals surface area contributed by atoms with Crippen molar-refractivity contribution in [2.45, 2.75) is 0 Å². The lowest BCUT2D eigenvalue weighted by Crippen LogP contribution is -2.22. The van der Waals surface area contributed by atoms with Crippen LogP contribution in [0.2, 0.25) is 0 Å².